The standard InChI is InChI=1S/C9H7Cl2NOS/c1-4-9(13)12-8-6(11)2-5(10)3-7(8)14-4/h2-4H,1H3,(H,12,13). The highest BCUT2D eigenvalue weighted by Gasteiger charge is 2.24. The zero-order valence-corrected chi connectivity index (χ0v) is 9.63. The summed E-state index contributed by atoms with van der Waals surface area (Å²) >= 11 is 13.3. The molecule has 1 aromatic carbocycles. The first kappa shape index (κ1) is 10.1. The molecule has 0 aromatic heterocycles. The Kier molecular flexibility index (Phi) is 2.64. The van der Waals surface area contributed by atoms with Gasteiger partial charge in [-0.25, -0.2) is 0 Å². The molecule has 1 aliphatic rings. The number of halogens is 2. The van der Waals surface area contributed by atoms with Gasteiger partial charge in [-0.2, -0.15) is 0 Å². The molecule has 2 rings (SSSR count). The first-order chi connectivity index (χ1) is 6.58. The predicted molar refractivity (Wildman–Crippen MR) is 60.4 cm³/mol. The fourth-order valence-corrected chi connectivity index (χ4v) is 2.92. The van der Waals surface area contributed by atoms with Crippen molar-refractivity contribution in [3.05, 3.63) is 22.2 Å². The largest absolute Gasteiger partial charge is 0.323 e. The molecule has 14 heavy (non-hydrogen) atoms. The van der Waals surface area contributed by atoms with Crippen LogP contribution >= 0.6 is 35.0 Å². The van der Waals surface area contributed by atoms with Crippen LogP contribution in [0.15, 0.2) is 17.0 Å². The van der Waals surface area contributed by atoms with Gasteiger partial charge in [-0.15, -0.1) is 11.8 Å². The number of carbonyl (C=O) groups excluding carboxylic acids is 1. The average molecular weight is 248 g/mol. The molecule has 0 spiro atoms. The summed E-state index contributed by atoms with van der Waals surface area (Å²) in [5, 5.41) is 3.73. The van der Waals surface area contributed by atoms with Gasteiger partial charge in [0.15, 0.2) is 0 Å². The molecule has 1 heterocycles. The smallest absolute Gasteiger partial charge is 0.237 e. The van der Waals surface area contributed by atoms with Crippen molar-refractivity contribution < 1.29 is 4.79 Å². The van der Waals surface area contributed by atoms with Crippen LogP contribution in [0.3, 0.4) is 0 Å². The highest BCUT2D eigenvalue weighted by molar-refractivity contribution is 8.01. The van der Waals surface area contributed by atoms with Crippen LogP contribution in [-0.2, 0) is 4.79 Å². The van der Waals surface area contributed by atoms with E-state index in [-0.39, 0.29) is 11.2 Å². The van der Waals surface area contributed by atoms with E-state index >= 15 is 0 Å². The molecule has 0 aliphatic carbocycles. The van der Waals surface area contributed by atoms with Crippen LogP contribution in [0.5, 0.6) is 0 Å². The van der Waals surface area contributed by atoms with Crippen LogP contribution in [0.1, 0.15) is 6.92 Å². The number of carbonyl (C=O) groups is 1. The molecule has 74 valence electrons. The fourth-order valence-electron chi connectivity index (χ4n) is 1.23. The van der Waals surface area contributed by atoms with Crippen molar-refractivity contribution in [2.24, 2.45) is 0 Å². The number of anilines is 1. The lowest BCUT2D eigenvalue weighted by Crippen LogP contribution is -2.26. The summed E-state index contributed by atoms with van der Waals surface area (Å²) in [6.07, 6.45) is 0. The van der Waals surface area contributed by atoms with E-state index in [4.69, 9.17) is 23.2 Å². The molecule has 0 saturated heterocycles. The minimum atomic E-state index is -0.1000. The lowest BCUT2D eigenvalue weighted by molar-refractivity contribution is -0.115. The minimum absolute atomic E-state index is 0.0216. The topological polar surface area (TPSA) is 29.1 Å². The summed E-state index contributed by atoms with van der Waals surface area (Å²) in [4.78, 5) is 12.3. The Morgan fingerprint density at radius 2 is 2.14 bits per heavy atom. The van der Waals surface area contributed by atoms with Gasteiger partial charge >= 0.3 is 0 Å². The maximum atomic E-state index is 11.4. The molecule has 2 nitrogen and oxygen atoms in total. The van der Waals surface area contributed by atoms with E-state index in [0.29, 0.717) is 15.7 Å². The maximum absolute atomic E-state index is 11.4. The number of rotatable bonds is 0. The lowest BCUT2D eigenvalue weighted by atomic mass is 10.3. The summed E-state index contributed by atoms with van der Waals surface area (Å²) < 4.78 is 0. The molecule has 0 fully saturated rings. The van der Waals surface area contributed by atoms with Crippen molar-refractivity contribution in [3.8, 4) is 0 Å². The van der Waals surface area contributed by atoms with Crippen molar-refractivity contribution in [3.63, 3.8) is 0 Å². The van der Waals surface area contributed by atoms with Crippen molar-refractivity contribution in [2.45, 2.75) is 17.1 Å². The second-order valence-electron chi connectivity index (χ2n) is 3.01. The SMILES string of the molecule is CC1Sc2cc(Cl)cc(Cl)c2NC1=O. The summed E-state index contributed by atoms with van der Waals surface area (Å²) in [6, 6.07) is 3.43. The molecule has 0 bridgehead atoms. The number of nitrogens with one attached hydrogen (secondary N) is 1. The Balaban J connectivity index is 2.51. The molecule has 1 aliphatic heterocycles. The van der Waals surface area contributed by atoms with Gasteiger partial charge in [-0.05, 0) is 19.1 Å². The molecular formula is C9H7Cl2NOS. The number of benzene rings is 1. The van der Waals surface area contributed by atoms with Gasteiger partial charge in [0.1, 0.15) is 0 Å². The highest BCUT2D eigenvalue weighted by Crippen LogP contribution is 2.41. The van der Waals surface area contributed by atoms with E-state index in [0.717, 1.165) is 4.90 Å². The van der Waals surface area contributed by atoms with Crippen molar-refractivity contribution >= 4 is 46.6 Å². The Bertz CT molecular complexity index is 408. The molecule has 1 amide bonds. The minimum Gasteiger partial charge on any atom is -0.323 e. The number of thioether (sulfide) groups is 1. The van der Waals surface area contributed by atoms with Crippen LogP contribution in [0.2, 0.25) is 10.0 Å². The van der Waals surface area contributed by atoms with Crippen LogP contribution < -0.4 is 5.32 Å². The lowest BCUT2D eigenvalue weighted by Gasteiger charge is -2.22. The Morgan fingerprint density at radius 3 is 2.86 bits per heavy atom. The summed E-state index contributed by atoms with van der Waals surface area (Å²) in [6.45, 7) is 1.84. The summed E-state index contributed by atoms with van der Waals surface area (Å²) in [7, 11) is 0. The Hall–Kier alpha value is -0.380. The summed E-state index contributed by atoms with van der Waals surface area (Å²) in [5.74, 6) is -0.0216. The number of fused-ring (bicyclic) bond motifs is 1. The molecule has 0 saturated carbocycles. The third kappa shape index (κ3) is 1.72. The van der Waals surface area contributed by atoms with E-state index in [9.17, 15) is 4.79 Å². The molecule has 1 unspecified atom stereocenters. The molecule has 1 atom stereocenters. The first-order valence-corrected chi connectivity index (χ1v) is 5.68. The van der Waals surface area contributed by atoms with E-state index in [1.807, 2.05) is 13.0 Å². The van der Waals surface area contributed by atoms with E-state index in [2.05, 4.69) is 5.32 Å². The quantitative estimate of drug-likeness (QED) is 0.762. The van der Waals surface area contributed by atoms with Crippen LogP contribution in [-0.4, -0.2) is 11.2 Å². The fraction of sp³-hybridized carbons (Fsp3) is 0.222. The van der Waals surface area contributed by atoms with Crippen LogP contribution in [0, 0.1) is 0 Å². The molecule has 1 N–H and O–H groups in total. The summed E-state index contributed by atoms with van der Waals surface area (Å²) in [5.41, 5.74) is 0.671. The molecule has 0 radical (unpaired) electrons. The zero-order valence-electron chi connectivity index (χ0n) is 7.30. The van der Waals surface area contributed by atoms with Gasteiger partial charge < -0.3 is 5.32 Å². The molecule has 5 heteroatoms. The van der Waals surface area contributed by atoms with Gasteiger partial charge in [0.2, 0.25) is 5.91 Å². The normalized spacial score (nSPS) is 20.2. The number of amides is 1. The predicted octanol–water partition coefficient (Wildman–Crippen LogP) is 3.43. The van der Waals surface area contributed by atoms with Crippen LogP contribution in [0.25, 0.3) is 0 Å². The number of hydrogen-bond acceptors (Lipinski definition) is 2. The third-order valence-corrected chi connectivity index (χ3v) is 3.60. The Labute approximate surface area is 96.0 Å². The highest BCUT2D eigenvalue weighted by atomic mass is 35.5. The van der Waals surface area contributed by atoms with Crippen molar-refractivity contribution in [1.82, 2.24) is 0 Å². The molecule has 1 aromatic rings. The second kappa shape index (κ2) is 3.65. The third-order valence-electron chi connectivity index (χ3n) is 1.94. The van der Waals surface area contributed by atoms with Crippen molar-refractivity contribution in [2.75, 3.05) is 5.32 Å². The van der Waals surface area contributed by atoms with E-state index in [1.54, 1.807) is 6.07 Å². The van der Waals surface area contributed by atoms with Gasteiger partial charge in [0.05, 0.1) is 16.0 Å². The van der Waals surface area contributed by atoms with Gasteiger partial charge in [0.25, 0.3) is 0 Å². The van der Waals surface area contributed by atoms with Crippen molar-refractivity contribution in [1.29, 1.82) is 0 Å². The number of hydrogen-bond donors (Lipinski definition) is 1. The van der Waals surface area contributed by atoms with E-state index in [1.165, 1.54) is 11.8 Å². The van der Waals surface area contributed by atoms with E-state index < -0.39 is 0 Å². The first-order valence-electron chi connectivity index (χ1n) is 4.04. The second-order valence-corrected chi connectivity index (χ2v) is 5.24. The Morgan fingerprint density at radius 1 is 1.43 bits per heavy atom. The van der Waals surface area contributed by atoms with Gasteiger partial charge in [0, 0.05) is 9.92 Å². The average Bonchev–Trinajstić information content (AvgIpc) is 2.08. The van der Waals surface area contributed by atoms with Gasteiger partial charge in [-0.3, -0.25) is 4.79 Å². The van der Waals surface area contributed by atoms with Gasteiger partial charge in [-0.1, -0.05) is 23.2 Å². The maximum Gasteiger partial charge on any atom is 0.237 e. The molecular weight excluding hydrogens is 241 g/mol. The zero-order chi connectivity index (χ0) is 10.3. The monoisotopic (exact) mass is 247 g/mol. The van der Waals surface area contributed by atoms with Crippen LogP contribution in [0.4, 0.5) is 5.69 Å².